The van der Waals surface area contributed by atoms with Crippen LogP contribution in [0.25, 0.3) is 0 Å². The van der Waals surface area contributed by atoms with Crippen LogP contribution in [0.3, 0.4) is 0 Å². The summed E-state index contributed by atoms with van der Waals surface area (Å²) in [5.74, 6) is 5.10. The second kappa shape index (κ2) is 5.38. The summed E-state index contributed by atoms with van der Waals surface area (Å²) >= 11 is 0. The van der Waals surface area contributed by atoms with Crippen LogP contribution < -0.4 is 0 Å². The zero-order valence-corrected chi connectivity index (χ0v) is 8.67. The Hall–Kier alpha value is -1.98. The first-order valence-electron chi connectivity index (χ1n) is 4.70. The highest BCUT2D eigenvalue weighted by Gasteiger charge is 2.30. The van der Waals surface area contributed by atoms with Crippen molar-refractivity contribution in [3.05, 3.63) is 34.9 Å². The number of hydrogen-bond acceptors (Lipinski definition) is 2. The van der Waals surface area contributed by atoms with Crippen molar-refractivity contribution in [2.75, 3.05) is 6.61 Å². The zero-order valence-electron chi connectivity index (χ0n) is 8.67. The Balaban J connectivity index is 3.13. The van der Waals surface area contributed by atoms with Crippen molar-refractivity contribution in [3.63, 3.8) is 0 Å². The molecule has 0 aliphatic rings. The lowest BCUT2D eigenvalue weighted by Crippen LogP contribution is -2.05. The van der Waals surface area contributed by atoms with Gasteiger partial charge in [-0.15, -0.1) is 0 Å². The third-order valence-electron chi connectivity index (χ3n) is 1.93. The van der Waals surface area contributed by atoms with E-state index in [-0.39, 0.29) is 24.2 Å². The fraction of sp³-hybridized carbons (Fsp3) is 0.250. The van der Waals surface area contributed by atoms with Gasteiger partial charge in [0.2, 0.25) is 0 Å². The van der Waals surface area contributed by atoms with Crippen LogP contribution in [0.1, 0.15) is 23.1 Å². The third-order valence-corrected chi connectivity index (χ3v) is 1.93. The summed E-state index contributed by atoms with van der Waals surface area (Å²) in [6.07, 6.45) is -4.26. The molecule has 1 N–H and O–H groups in total. The van der Waals surface area contributed by atoms with Gasteiger partial charge in [-0.25, -0.2) is 0 Å². The van der Waals surface area contributed by atoms with E-state index in [2.05, 4.69) is 11.8 Å². The normalized spacial score (nSPS) is 10.3. The van der Waals surface area contributed by atoms with Gasteiger partial charge in [-0.3, -0.25) is 0 Å². The Kier molecular flexibility index (Phi) is 4.14. The quantitative estimate of drug-likeness (QED) is 0.764. The van der Waals surface area contributed by atoms with Crippen LogP contribution in [-0.2, 0) is 6.18 Å². The second-order valence-corrected chi connectivity index (χ2v) is 3.15. The van der Waals surface area contributed by atoms with Crippen LogP contribution in [0.2, 0.25) is 0 Å². The van der Waals surface area contributed by atoms with Gasteiger partial charge < -0.3 is 5.11 Å². The Labute approximate surface area is 96.3 Å². The highest BCUT2D eigenvalue weighted by atomic mass is 19.4. The number of halogens is 3. The van der Waals surface area contributed by atoms with Gasteiger partial charge in [0.1, 0.15) is 6.07 Å². The number of nitrogens with zero attached hydrogens (tertiary/aromatic N) is 1. The molecule has 0 bridgehead atoms. The molecule has 1 aromatic carbocycles. The maximum Gasteiger partial charge on any atom is 0.416 e. The van der Waals surface area contributed by atoms with E-state index in [9.17, 15) is 13.2 Å². The van der Waals surface area contributed by atoms with Gasteiger partial charge in [0.25, 0.3) is 0 Å². The summed E-state index contributed by atoms with van der Waals surface area (Å²) < 4.78 is 37.1. The summed E-state index contributed by atoms with van der Waals surface area (Å²) in [5, 5.41) is 17.2. The van der Waals surface area contributed by atoms with E-state index >= 15 is 0 Å². The first-order valence-corrected chi connectivity index (χ1v) is 4.70. The Morgan fingerprint density at radius 3 is 2.47 bits per heavy atom. The predicted molar refractivity (Wildman–Crippen MR) is 54.7 cm³/mol. The Bertz CT molecular complexity index is 503. The smallest absolute Gasteiger partial charge is 0.395 e. The number of alkyl halides is 3. The first-order chi connectivity index (χ1) is 7.99. The van der Waals surface area contributed by atoms with Gasteiger partial charge in [-0.2, -0.15) is 18.4 Å². The fourth-order valence-corrected chi connectivity index (χ4v) is 1.14. The average Bonchev–Trinajstić information content (AvgIpc) is 2.28. The minimum absolute atomic E-state index is 0.120. The monoisotopic (exact) mass is 239 g/mol. The molecule has 0 amide bonds. The van der Waals surface area contributed by atoms with Crippen molar-refractivity contribution in [3.8, 4) is 17.9 Å². The number of aliphatic hydroxyl groups is 1. The molecular weight excluding hydrogens is 231 g/mol. The Morgan fingerprint density at radius 1 is 1.24 bits per heavy atom. The molecule has 0 saturated carbocycles. The van der Waals surface area contributed by atoms with Crippen LogP contribution in [-0.4, -0.2) is 11.7 Å². The van der Waals surface area contributed by atoms with E-state index in [0.717, 1.165) is 18.2 Å². The fourth-order valence-electron chi connectivity index (χ4n) is 1.14. The van der Waals surface area contributed by atoms with Gasteiger partial charge in [0, 0.05) is 12.0 Å². The molecule has 0 heterocycles. The first kappa shape index (κ1) is 13.1. The van der Waals surface area contributed by atoms with Crippen molar-refractivity contribution < 1.29 is 18.3 Å². The number of rotatable bonds is 1. The van der Waals surface area contributed by atoms with Gasteiger partial charge in [-0.05, 0) is 18.2 Å². The summed E-state index contributed by atoms with van der Waals surface area (Å²) in [6.45, 7) is -0.129. The maximum absolute atomic E-state index is 12.4. The molecule has 17 heavy (non-hydrogen) atoms. The van der Waals surface area contributed by atoms with E-state index in [4.69, 9.17) is 10.4 Å². The van der Waals surface area contributed by atoms with Crippen LogP contribution in [0.15, 0.2) is 18.2 Å². The molecule has 1 aromatic rings. The largest absolute Gasteiger partial charge is 0.416 e. The minimum Gasteiger partial charge on any atom is -0.395 e. The van der Waals surface area contributed by atoms with Crippen LogP contribution in [0.5, 0.6) is 0 Å². The lowest BCUT2D eigenvalue weighted by atomic mass is 10.0. The molecule has 0 aromatic heterocycles. The summed E-state index contributed by atoms with van der Waals surface area (Å²) in [4.78, 5) is 0. The van der Waals surface area contributed by atoms with Gasteiger partial charge in [0.15, 0.2) is 0 Å². The number of aliphatic hydroxyl groups excluding tert-OH is 1. The molecule has 5 heteroatoms. The van der Waals surface area contributed by atoms with Crippen molar-refractivity contribution in [1.82, 2.24) is 0 Å². The molecule has 0 atom stereocenters. The van der Waals surface area contributed by atoms with Crippen molar-refractivity contribution >= 4 is 0 Å². The Morgan fingerprint density at radius 2 is 1.94 bits per heavy atom. The van der Waals surface area contributed by atoms with E-state index < -0.39 is 11.7 Å². The van der Waals surface area contributed by atoms with Crippen molar-refractivity contribution in [1.29, 1.82) is 5.26 Å². The standard InChI is InChI=1S/C12H8F3NO/c13-12(14,15)11-5-4-9(3-1-2-6-17)10(7-11)8-16/h4-5,7,17H,2,6H2. The second-order valence-electron chi connectivity index (χ2n) is 3.15. The molecule has 0 fully saturated rings. The van der Waals surface area contributed by atoms with Crippen LogP contribution in [0, 0.1) is 23.2 Å². The third kappa shape index (κ3) is 3.51. The van der Waals surface area contributed by atoms with Gasteiger partial charge >= 0.3 is 6.18 Å². The average molecular weight is 239 g/mol. The van der Waals surface area contributed by atoms with Crippen molar-refractivity contribution in [2.24, 2.45) is 0 Å². The topological polar surface area (TPSA) is 44.0 Å². The maximum atomic E-state index is 12.4. The summed E-state index contributed by atoms with van der Waals surface area (Å²) in [6, 6.07) is 4.47. The highest BCUT2D eigenvalue weighted by molar-refractivity contribution is 5.50. The molecule has 0 saturated heterocycles. The predicted octanol–water partition coefficient (Wildman–Crippen LogP) is 2.31. The van der Waals surface area contributed by atoms with Gasteiger partial charge in [0.05, 0.1) is 17.7 Å². The minimum atomic E-state index is -4.47. The lowest BCUT2D eigenvalue weighted by molar-refractivity contribution is -0.137. The molecule has 0 aliphatic heterocycles. The number of benzene rings is 1. The number of nitriles is 1. The molecule has 0 aliphatic carbocycles. The summed E-state index contributed by atoms with van der Waals surface area (Å²) in [7, 11) is 0. The summed E-state index contributed by atoms with van der Waals surface area (Å²) in [5.41, 5.74) is -0.763. The van der Waals surface area contributed by atoms with Crippen LogP contribution in [0.4, 0.5) is 13.2 Å². The number of hydrogen-bond donors (Lipinski definition) is 1. The molecule has 88 valence electrons. The van der Waals surface area contributed by atoms with E-state index in [1.807, 2.05) is 0 Å². The van der Waals surface area contributed by atoms with E-state index in [1.165, 1.54) is 0 Å². The van der Waals surface area contributed by atoms with E-state index in [0.29, 0.717) is 0 Å². The molecule has 2 nitrogen and oxygen atoms in total. The van der Waals surface area contributed by atoms with E-state index in [1.54, 1.807) is 6.07 Å². The molecule has 0 unspecified atom stereocenters. The molecular formula is C12H8F3NO. The SMILES string of the molecule is N#Cc1cc(C(F)(F)F)ccc1C#CCCO. The molecule has 1 rings (SSSR count). The molecule has 0 radical (unpaired) electrons. The van der Waals surface area contributed by atoms with Crippen LogP contribution >= 0.6 is 0 Å². The van der Waals surface area contributed by atoms with Crippen molar-refractivity contribution in [2.45, 2.75) is 12.6 Å². The lowest BCUT2D eigenvalue weighted by Gasteiger charge is -2.06. The molecule has 0 spiro atoms. The van der Waals surface area contributed by atoms with Gasteiger partial charge in [-0.1, -0.05) is 11.8 Å². The zero-order chi connectivity index (χ0) is 12.9. The highest BCUT2D eigenvalue weighted by Crippen LogP contribution is 2.30.